The SMILES string of the molecule is CNc1nn2c(CO)cc(C)nc2c1S(=O)(=O)c1ccc(F)c(Cl)c1. The molecule has 3 rings (SSSR count). The van der Waals surface area contributed by atoms with Gasteiger partial charge >= 0.3 is 0 Å². The van der Waals surface area contributed by atoms with Crippen LogP contribution in [0.1, 0.15) is 11.4 Å². The minimum Gasteiger partial charge on any atom is -0.390 e. The summed E-state index contributed by atoms with van der Waals surface area (Å²) < 4.78 is 40.8. The Morgan fingerprint density at radius 2 is 2.08 bits per heavy atom. The lowest BCUT2D eigenvalue weighted by Gasteiger charge is -2.07. The zero-order valence-corrected chi connectivity index (χ0v) is 14.9. The molecule has 25 heavy (non-hydrogen) atoms. The maximum atomic E-state index is 13.4. The Hall–Kier alpha value is -2.23. The molecule has 0 amide bonds. The third kappa shape index (κ3) is 2.84. The maximum absolute atomic E-state index is 13.4. The van der Waals surface area contributed by atoms with Gasteiger partial charge in [-0.1, -0.05) is 11.6 Å². The lowest BCUT2D eigenvalue weighted by molar-refractivity contribution is 0.273. The molecule has 10 heteroatoms. The second-order valence-corrected chi connectivity index (χ2v) is 7.58. The zero-order chi connectivity index (χ0) is 18.4. The number of sulfone groups is 1. The van der Waals surface area contributed by atoms with Crippen LogP contribution in [0.3, 0.4) is 0 Å². The summed E-state index contributed by atoms with van der Waals surface area (Å²) in [5, 5.41) is 16.1. The van der Waals surface area contributed by atoms with E-state index in [1.54, 1.807) is 13.0 Å². The van der Waals surface area contributed by atoms with Gasteiger partial charge in [-0.3, -0.25) is 0 Å². The highest BCUT2D eigenvalue weighted by atomic mass is 35.5. The average molecular weight is 385 g/mol. The van der Waals surface area contributed by atoms with E-state index in [9.17, 15) is 17.9 Å². The first-order chi connectivity index (χ1) is 11.8. The average Bonchev–Trinajstić information content (AvgIpc) is 2.95. The van der Waals surface area contributed by atoms with Crippen molar-refractivity contribution in [3.63, 3.8) is 0 Å². The Morgan fingerprint density at radius 1 is 1.36 bits per heavy atom. The number of aliphatic hydroxyl groups excluding tert-OH is 1. The van der Waals surface area contributed by atoms with E-state index >= 15 is 0 Å². The number of aromatic nitrogens is 3. The van der Waals surface area contributed by atoms with Gasteiger partial charge in [0.15, 0.2) is 16.4 Å². The summed E-state index contributed by atoms with van der Waals surface area (Å²) in [7, 11) is -2.57. The molecular formula is C15H14ClFN4O3S. The topological polar surface area (TPSA) is 96.6 Å². The van der Waals surface area contributed by atoms with Crippen molar-refractivity contribution >= 4 is 32.9 Å². The van der Waals surface area contributed by atoms with Gasteiger partial charge in [-0.05, 0) is 31.2 Å². The van der Waals surface area contributed by atoms with E-state index in [2.05, 4.69) is 15.4 Å². The van der Waals surface area contributed by atoms with Crippen LogP contribution < -0.4 is 5.32 Å². The second kappa shape index (κ2) is 6.25. The standard InChI is InChI=1S/C15H14ClFN4O3S/c1-8-5-9(7-22)21-15(19-8)13(14(18-2)20-21)25(23,24)10-3-4-12(17)11(16)6-10/h3-6,22H,7H2,1-2H3,(H,18,20). The largest absolute Gasteiger partial charge is 0.390 e. The van der Waals surface area contributed by atoms with Crippen LogP contribution in [0.4, 0.5) is 10.2 Å². The molecule has 0 saturated carbocycles. The number of aryl methyl sites for hydroxylation is 1. The number of halogens is 2. The summed E-state index contributed by atoms with van der Waals surface area (Å²) in [6.45, 7) is 1.34. The van der Waals surface area contributed by atoms with Crippen molar-refractivity contribution in [1.29, 1.82) is 0 Å². The smallest absolute Gasteiger partial charge is 0.214 e. The van der Waals surface area contributed by atoms with Crippen molar-refractivity contribution in [3.05, 3.63) is 46.5 Å². The van der Waals surface area contributed by atoms with Crippen molar-refractivity contribution < 1.29 is 17.9 Å². The van der Waals surface area contributed by atoms with E-state index in [1.807, 2.05) is 0 Å². The van der Waals surface area contributed by atoms with E-state index in [0.717, 1.165) is 18.2 Å². The van der Waals surface area contributed by atoms with E-state index in [1.165, 1.54) is 11.6 Å². The summed E-state index contributed by atoms with van der Waals surface area (Å²) in [5.41, 5.74) is 0.971. The highest BCUT2D eigenvalue weighted by molar-refractivity contribution is 7.91. The van der Waals surface area contributed by atoms with Crippen molar-refractivity contribution in [1.82, 2.24) is 14.6 Å². The lowest BCUT2D eigenvalue weighted by atomic mass is 10.3. The highest BCUT2D eigenvalue weighted by Crippen LogP contribution is 2.32. The number of nitrogens with zero attached hydrogens (tertiary/aromatic N) is 3. The van der Waals surface area contributed by atoms with Crippen LogP contribution in [0.25, 0.3) is 5.65 Å². The summed E-state index contributed by atoms with van der Waals surface area (Å²) in [5.74, 6) is -0.654. The monoisotopic (exact) mass is 384 g/mol. The molecule has 3 aromatic rings. The molecule has 2 aromatic heterocycles. The molecule has 0 aliphatic rings. The Kier molecular flexibility index (Phi) is 4.40. The first-order valence-electron chi connectivity index (χ1n) is 7.17. The lowest BCUT2D eigenvalue weighted by Crippen LogP contribution is -2.07. The number of anilines is 1. The van der Waals surface area contributed by atoms with Gasteiger partial charge in [0.1, 0.15) is 5.82 Å². The molecule has 0 fully saturated rings. The van der Waals surface area contributed by atoms with Gasteiger partial charge in [-0.2, -0.15) is 0 Å². The molecule has 1 aromatic carbocycles. The highest BCUT2D eigenvalue weighted by Gasteiger charge is 2.29. The minimum atomic E-state index is -4.09. The first-order valence-corrected chi connectivity index (χ1v) is 9.03. The molecule has 0 aliphatic carbocycles. The molecular weight excluding hydrogens is 371 g/mol. The van der Waals surface area contributed by atoms with Crippen molar-refractivity contribution in [2.75, 3.05) is 12.4 Å². The van der Waals surface area contributed by atoms with Crippen LogP contribution in [0.5, 0.6) is 0 Å². The number of nitrogens with one attached hydrogen (secondary N) is 1. The summed E-state index contributed by atoms with van der Waals surface area (Å²) in [6, 6.07) is 4.75. The normalized spacial score (nSPS) is 11.9. The van der Waals surface area contributed by atoms with Crippen LogP contribution in [0.2, 0.25) is 5.02 Å². The molecule has 0 atom stereocenters. The molecule has 0 spiro atoms. The van der Waals surface area contributed by atoms with Gasteiger partial charge in [-0.25, -0.2) is 22.3 Å². The minimum absolute atomic E-state index is 0.0632. The number of hydrogen-bond acceptors (Lipinski definition) is 6. The fraction of sp³-hybridized carbons (Fsp3) is 0.200. The third-order valence-corrected chi connectivity index (χ3v) is 5.70. The van der Waals surface area contributed by atoms with Gasteiger partial charge < -0.3 is 10.4 Å². The number of benzene rings is 1. The number of aliphatic hydroxyl groups is 1. The molecule has 0 unspecified atom stereocenters. The Balaban J connectivity index is 2.37. The first kappa shape index (κ1) is 17.6. The van der Waals surface area contributed by atoms with Crippen molar-refractivity contribution in [2.24, 2.45) is 0 Å². The predicted octanol–water partition coefficient (Wildman–Crippen LogP) is 2.20. The van der Waals surface area contributed by atoms with Crippen LogP contribution >= 0.6 is 11.6 Å². The molecule has 7 nitrogen and oxygen atoms in total. The molecule has 0 bridgehead atoms. The number of fused-ring (bicyclic) bond motifs is 1. The Morgan fingerprint density at radius 3 is 2.68 bits per heavy atom. The van der Waals surface area contributed by atoms with Gasteiger partial charge in [0.2, 0.25) is 9.84 Å². The fourth-order valence-electron chi connectivity index (χ4n) is 2.48. The molecule has 0 saturated heterocycles. The number of hydrogen-bond donors (Lipinski definition) is 2. The fourth-order valence-corrected chi connectivity index (χ4v) is 4.25. The quantitative estimate of drug-likeness (QED) is 0.669. The second-order valence-electron chi connectivity index (χ2n) is 5.29. The van der Waals surface area contributed by atoms with Crippen LogP contribution in [0.15, 0.2) is 34.1 Å². The Bertz CT molecular complexity index is 1080. The van der Waals surface area contributed by atoms with Crippen LogP contribution in [0, 0.1) is 12.7 Å². The van der Waals surface area contributed by atoms with Gasteiger partial charge in [-0.15, -0.1) is 5.10 Å². The third-order valence-electron chi connectivity index (χ3n) is 3.62. The van der Waals surface area contributed by atoms with E-state index < -0.39 is 15.7 Å². The van der Waals surface area contributed by atoms with E-state index in [4.69, 9.17) is 11.6 Å². The molecule has 2 N–H and O–H groups in total. The van der Waals surface area contributed by atoms with Gasteiger partial charge in [0.05, 0.1) is 22.2 Å². The van der Waals surface area contributed by atoms with Gasteiger partial charge in [0, 0.05) is 12.7 Å². The van der Waals surface area contributed by atoms with Crippen molar-refractivity contribution in [2.45, 2.75) is 23.3 Å². The summed E-state index contributed by atoms with van der Waals surface area (Å²) >= 11 is 5.72. The number of rotatable bonds is 4. The van der Waals surface area contributed by atoms with Crippen molar-refractivity contribution in [3.8, 4) is 0 Å². The van der Waals surface area contributed by atoms with Gasteiger partial charge in [0.25, 0.3) is 0 Å². The summed E-state index contributed by atoms with van der Waals surface area (Å²) in [4.78, 5) is 3.90. The summed E-state index contributed by atoms with van der Waals surface area (Å²) in [6.07, 6.45) is 0. The predicted molar refractivity (Wildman–Crippen MR) is 90.1 cm³/mol. The maximum Gasteiger partial charge on any atom is 0.214 e. The molecule has 132 valence electrons. The molecule has 0 aliphatic heterocycles. The molecule has 0 radical (unpaired) electrons. The van der Waals surface area contributed by atoms with E-state index in [-0.39, 0.29) is 32.9 Å². The molecule has 2 heterocycles. The van der Waals surface area contributed by atoms with Crippen LogP contribution in [-0.2, 0) is 16.4 Å². The van der Waals surface area contributed by atoms with E-state index in [0.29, 0.717) is 11.4 Å². The Labute approximate surface area is 148 Å². The zero-order valence-electron chi connectivity index (χ0n) is 13.3. The van der Waals surface area contributed by atoms with Crippen LogP contribution in [-0.4, -0.2) is 35.2 Å².